The molecule has 0 N–H and O–H groups in total. The summed E-state index contributed by atoms with van der Waals surface area (Å²) < 4.78 is 36.8. The third kappa shape index (κ3) is 6.87. The van der Waals surface area contributed by atoms with Gasteiger partial charge in [-0.15, -0.1) is 0 Å². The van der Waals surface area contributed by atoms with Crippen molar-refractivity contribution in [2.24, 2.45) is 0 Å². The van der Waals surface area contributed by atoms with Gasteiger partial charge in [-0.3, -0.25) is 0 Å². The van der Waals surface area contributed by atoms with E-state index < -0.39 is 23.7 Å². The lowest BCUT2D eigenvalue weighted by Gasteiger charge is -2.15. The van der Waals surface area contributed by atoms with E-state index in [1.54, 1.807) is 24.3 Å². The van der Waals surface area contributed by atoms with Crippen molar-refractivity contribution in [3.8, 4) is 45.3 Å². The number of methoxy groups -OCH3 is 1. The van der Waals surface area contributed by atoms with Crippen LogP contribution in [0.15, 0.2) is 91.1 Å². The monoisotopic (exact) mass is 530 g/mol. The van der Waals surface area contributed by atoms with Gasteiger partial charge in [0.25, 0.3) is 0 Å². The van der Waals surface area contributed by atoms with Gasteiger partial charge in [-0.1, -0.05) is 31.9 Å². The molecule has 0 heterocycles. The number of halogens is 1. The fraction of sp³-hybridized carbons (Fsp3) is 0.129. The van der Waals surface area contributed by atoms with E-state index in [4.69, 9.17) is 18.9 Å². The van der Waals surface area contributed by atoms with Gasteiger partial charge in [0.05, 0.1) is 7.11 Å². The number of carbonyl (C=O) groups excluding carboxylic acids is 3. The summed E-state index contributed by atoms with van der Waals surface area (Å²) in [6.07, 6.45) is 0. The Morgan fingerprint density at radius 2 is 1.08 bits per heavy atom. The molecule has 0 saturated heterocycles. The Labute approximate surface area is 225 Å². The molecule has 8 heteroatoms. The zero-order chi connectivity index (χ0) is 28.9. The summed E-state index contributed by atoms with van der Waals surface area (Å²) >= 11 is 0. The molecule has 3 aromatic rings. The van der Waals surface area contributed by atoms with E-state index in [9.17, 15) is 14.4 Å². The van der Waals surface area contributed by atoms with Crippen LogP contribution in [-0.2, 0) is 14.4 Å². The van der Waals surface area contributed by atoms with E-state index in [0.29, 0.717) is 16.7 Å². The van der Waals surface area contributed by atoms with Crippen molar-refractivity contribution in [3.63, 3.8) is 0 Å². The predicted molar refractivity (Wildman–Crippen MR) is 145 cm³/mol. The highest BCUT2D eigenvalue weighted by Crippen LogP contribution is 2.39. The highest BCUT2D eigenvalue weighted by molar-refractivity contribution is 5.92. The summed E-state index contributed by atoms with van der Waals surface area (Å²) in [5.41, 5.74) is 1.98. The lowest BCUT2D eigenvalue weighted by Crippen LogP contribution is -2.11. The number of esters is 3. The van der Waals surface area contributed by atoms with Gasteiger partial charge in [0.1, 0.15) is 28.8 Å². The van der Waals surface area contributed by atoms with Gasteiger partial charge in [-0.05, 0) is 56.7 Å². The Morgan fingerprint density at radius 3 is 1.56 bits per heavy atom. The Hall–Kier alpha value is -4.98. The maximum Gasteiger partial charge on any atom is 0.338 e. The molecule has 0 radical (unpaired) electrons. The van der Waals surface area contributed by atoms with Crippen LogP contribution in [0.3, 0.4) is 0 Å². The van der Waals surface area contributed by atoms with Crippen LogP contribution in [0, 0.1) is 5.82 Å². The minimum absolute atomic E-state index is 0.0448. The highest BCUT2D eigenvalue weighted by atomic mass is 19.1. The maximum absolute atomic E-state index is 15.5. The molecule has 0 spiro atoms. The molecule has 3 aromatic carbocycles. The SMILES string of the molecule is C=C(C)C(=O)Oc1ccc(-c2ccc(-c3ccc(OC(=O)C(=C)C)cc3OC)c(F)c2)c(OC(=O)C(=C)C)c1. The van der Waals surface area contributed by atoms with Crippen molar-refractivity contribution in [2.75, 3.05) is 7.11 Å². The zero-order valence-electron chi connectivity index (χ0n) is 22.1. The van der Waals surface area contributed by atoms with Crippen molar-refractivity contribution in [2.45, 2.75) is 20.8 Å². The molecule has 3 rings (SSSR count). The molecule has 0 aliphatic carbocycles. The fourth-order valence-corrected chi connectivity index (χ4v) is 3.32. The summed E-state index contributed by atoms with van der Waals surface area (Å²) in [7, 11) is 1.42. The molecule has 7 nitrogen and oxygen atoms in total. The summed E-state index contributed by atoms with van der Waals surface area (Å²) in [4.78, 5) is 36.1. The van der Waals surface area contributed by atoms with E-state index >= 15 is 4.39 Å². The van der Waals surface area contributed by atoms with Crippen molar-refractivity contribution in [3.05, 3.63) is 96.9 Å². The Kier molecular flexibility index (Phi) is 8.83. The molecule has 0 aromatic heterocycles. The van der Waals surface area contributed by atoms with Crippen LogP contribution in [0.1, 0.15) is 20.8 Å². The second-order valence-electron chi connectivity index (χ2n) is 8.72. The Bertz CT molecular complexity index is 1520. The standard InChI is InChI=1S/C31H27FO7/c1-17(2)29(33)37-21-10-13-25(27(15-21)36-7)24-11-8-20(14-26(24)32)23-12-9-22(38-30(34)18(3)4)16-28(23)39-31(35)19(5)6/h8-16H,1,3,5H2,2,4,6-7H3. The molecule has 39 heavy (non-hydrogen) atoms. The molecule has 0 unspecified atom stereocenters. The Balaban J connectivity index is 2.02. The second kappa shape index (κ2) is 12.0. The number of benzene rings is 3. The summed E-state index contributed by atoms with van der Waals surface area (Å²) in [5.74, 6) is -1.87. The normalized spacial score (nSPS) is 10.3. The fourth-order valence-electron chi connectivity index (χ4n) is 3.32. The van der Waals surface area contributed by atoms with Gasteiger partial charge >= 0.3 is 17.9 Å². The van der Waals surface area contributed by atoms with E-state index in [-0.39, 0.29) is 45.3 Å². The van der Waals surface area contributed by atoms with E-state index in [0.717, 1.165) is 0 Å². The van der Waals surface area contributed by atoms with E-state index in [1.807, 2.05) is 0 Å². The largest absolute Gasteiger partial charge is 0.496 e. The zero-order valence-corrected chi connectivity index (χ0v) is 22.1. The molecule has 200 valence electrons. The molecule has 0 atom stereocenters. The molecular formula is C31H27FO7. The summed E-state index contributed by atoms with van der Waals surface area (Å²) in [5, 5.41) is 0. The summed E-state index contributed by atoms with van der Waals surface area (Å²) in [6, 6.07) is 13.4. The highest BCUT2D eigenvalue weighted by Gasteiger charge is 2.18. The van der Waals surface area contributed by atoms with Crippen LogP contribution >= 0.6 is 0 Å². The third-order valence-corrected chi connectivity index (χ3v) is 5.37. The van der Waals surface area contributed by atoms with Crippen LogP contribution in [0.5, 0.6) is 23.0 Å². The van der Waals surface area contributed by atoms with Gasteiger partial charge in [-0.25, -0.2) is 18.8 Å². The van der Waals surface area contributed by atoms with Gasteiger partial charge in [-0.2, -0.15) is 0 Å². The first-order chi connectivity index (χ1) is 18.4. The smallest absolute Gasteiger partial charge is 0.338 e. The van der Waals surface area contributed by atoms with Crippen LogP contribution in [0.4, 0.5) is 4.39 Å². The molecular weight excluding hydrogens is 503 g/mol. The number of hydrogen-bond donors (Lipinski definition) is 0. The average molecular weight is 531 g/mol. The predicted octanol–water partition coefficient (Wildman–Crippen LogP) is 6.61. The van der Waals surface area contributed by atoms with Crippen molar-refractivity contribution < 1.29 is 37.7 Å². The topological polar surface area (TPSA) is 88.1 Å². The van der Waals surface area contributed by atoms with Gasteiger partial charge < -0.3 is 18.9 Å². The first kappa shape index (κ1) is 28.6. The van der Waals surface area contributed by atoms with Crippen molar-refractivity contribution >= 4 is 17.9 Å². The molecule has 0 fully saturated rings. The lowest BCUT2D eigenvalue weighted by molar-refractivity contribution is -0.131. The van der Waals surface area contributed by atoms with Crippen LogP contribution in [-0.4, -0.2) is 25.0 Å². The maximum atomic E-state index is 15.5. The quantitative estimate of drug-likeness (QED) is 0.175. The molecule has 0 amide bonds. The summed E-state index contributed by atoms with van der Waals surface area (Å²) in [6.45, 7) is 15.2. The van der Waals surface area contributed by atoms with E-state index in [1.165, 1.54) is 58.2 Å². The second-order valence-corrected chi connectivity index (χ2v) is 8.72. The Morgan fingerprint density at radius 1 is 0.615 bits per heavy atom. The van der Waals surface area contributed by atoms with Crippen LogP contribution in [0.25, 0.3) is 22.3 Å². The minimum atomic E-state index is -0.700. The molecule has 0 aliphatic rings. The van der Waals surface area contributed by atoms with Gasteiger partial charge in [0.15, 0.2) is 0 Å². The van der Waals surface area contributed by atoms with Crippen molar-refractivity contribution in [1.29, 1.82) is 0 Å². The van der Waals surface area contributed by atoms with Gasteiger partial charge in [0, 0.05) is 45.5 Å². The third-order valence-electron chi connectivity index (χ3n) is 5.37. The average Bonchev–Trinajstić information content (AvgIpc) is 2.88. The molecule has 0 aliphatic heterocycles. The number of rotatable bonds is 9. The number of carbonyl (C=O) groups is 3. The van der Waals surface area contributed by atoms with Crippen LogP contribution in [0.2, 0.25) is 0 Å². The lowest BCUT2D eigenvalue weighted by atomic mass is 9.98. The molecule has 0 bridgehead atoms. The number of hydrogen-bond acceptors (Lipinski definition) is 7. The molecule has 0 saturated carbocycles. The number of ether oxygens (including phenoxy) is 4. The van der Waals surface area contributed by atoms with Crippen molar-refractivity contribution in [1.82, 2.24) is 0 Å². The first-order valence-corrected chi connectivity index (χ1v) is 11.7. The minimum Gasteiger partial charge on any atom is -0.496 e. The van der Waals surface area contributed by atoms with Gasteiger partial charge in [0.2, 0.25) is 0 Å². The van der Waals surface area contributed by atoms with Crippen LogP contribution < -0.4 is 18.9 Å². The first-order valence-electron chi connectivity index (χ1n) is 11.7. The van der Waals surface area contributed by atoms with E-state index in [2.05, 4.69) is 19.7 Å².